The summed E-state index contributed by atoms with van der Waals surface area (Å²) in [5, 5.41) is 3.31. The van der Waals surface area contributed by atoms with Crippen LogP contribution >= 0.6 is 15.9 Å². The van der Waals surface area contributed by atoms with Crippen molar-refractivity contribution in [2.45, 2.75) is 6.92 Å². The summed E-state index contributed by atoms with van der Waals surface area (Å²) >= 11 is 3.51. The second kappa shape index (κ2) is 10.2. The van der Waals surface area contributed by atoms with Gasteiger partial charge in [-0.15, -0.1) is 0 Å². The molecule has 0 unspecified atom stereocenters. The van der Waals surface area contributed by atoms with Crippen molar-refractivity contribution in [3.8, 4) is 0 Å². The van der Waals surface area contributed by atoms with Gasteiger partial charge in [-0.25, -0.2) is 0 Å². The molecular weight excluding hydrogens is 310 g/mol. The molecule has 0 aliphatic carbocycles. The fourth-order valence-electron chi connectivity index (χ4n) is 1.43. The van der Waals surface area contributed by atoms with E-state index >= 15 is 0 Å². The summed E-state index contributed by atoms with van der Waals surface area (Å²) in [4.78, 5) is 0. The van der Waals surface area contributed by atoms with E-state index < -0.39 is 0 Å². The Morgan fingerprint density at radius 2 is 1.74 bits per heavy atom. The third-order valence-electron chi connectivity index (χ3n) is 2.55. The van der Waals surface area contributed by atoms with Gasteiger partial charge < -0.3 is 19.5 Å². The average Bonchev–Trinajstić information content (AvgIpc) is 2.41. The van der Waals surface area contributed by atoms with Crippen LogP contribution in [0.1, 0.15) is 5.56 Å². The molecule has 0 atom stereocenters. The highest BCUT2D eigenvalue weighted by Gasteiger charge is 1.97. The second-order valence-electron chi connectivity index (χ2n) is 4.11. The smallest absolute Gasteiger partial charge is 0.0701 e. The maximum atomic E-state index is 5.45. The minimum atomic E-state index is 0.611. The van der Waals surface area contributed by atoms with E-state index in [1.165, 1.54) is 5.56 Å². The Balaban J connectivity index is 2.00. The molecule has 1 aromatic carbocycles. The van der Waals surface area contributed by atoms with Crippen molar-refractivity contribution < 1.29 is 14.2 Å². The molecule has 0 aliphatic rings. The van der Waals surface area contributed by atoms with Crippen LogP contribution in [0.15, 0.2) is 22.7 Å². The molecule has 1 rings (SSSR count). The average molecular weight is 332 g/mol. The first-order valence-corrected chi connectivity index (χ1v) is 7.18. The second-order valence-corrected chi connectivity index (χ2v) is 4.96. The summed E-state index contributed by atoms with van der Waals surface area (Å²) in [6.07, 6.45) is 0. The van der Waals surface area contributed by atoms with Crippen molar-refractivity contribution in [1.82, 2.24) is 0 Å². The van der Waals surface area contributed by atoms with Gasteiger partial charge in [-0.3, -0.25) is 0 Å². The van der Waals surface area contributed by atoms with Crippen molar-refractivity contribution in [3.63, 3.8) is 0 Å². The molecule has 1 N–H and O–H groups in total. The predicted octanol–water partition coefficient (Wildman–Crippen LogP) is 2.85. The molecule has 5 heteroatoms. The zero-order valence-electron chi connectivity index (χ0n) is 11.6. The van der Waals surface area contributed by atoms with Gasteiger partial charge in [0.2, 0.25) is 0 Å². The molecule has 0 fully saturated rings. The van der Waals surface area contributed by atoms with Crippen molar-refractivity contribution >= 4 is 21.6 Å². The van der Waals surface area contributed by atoms with Crippen LogP contribution in [0.5, 0.6) is 0 Å². The fraction of sp³-hybridized carbons (Fsp3) is 0.571. The van der Waals surface area contributed by atoms with E-state index in [4.69, 9.17) is 14.2 Å². The van der Waals surface area contributed by atoms with Crippen LogP contribution in [0, 0.1) is 6.92 Å². The number of aryl methyl sites for hydroxylation is 1. The third-order valence-corrected chi connectivity index (χ3v) is 3.41. The van der Waals surface area contributed by atoms with Crippen LogP contribution in [0.4, 0.5) is 5.69 Å². The first-order chi connectivity index (χ1) is 9.24. The molecule has 19 heavy (non-hydrogen) atoms. The molecule has 0 bridgehead atoms. The van der Waals surface area contributed by atoms with E-state index in [9.17, 15) is 0 Å². The number of halogens is 1. The molecule has 0 saturated heterocycles. The molecule has 0 heterocycles. The van der Waals surface area contributed by atoms with Gasteiger partial charge in [-0.2, -0.15) is 0 Å². The summed E-state index contributed by atoms with van der Waals surface area (Å²) in [7, 11) is 1.66. The highest BCUT2D eigenvalue weighted by atomic mass is 79.9. The Hall–Kier alpha value is -0.620. The fourth-order valence-corrected chi connectivity index (χ4v) is 1.81. The SMILES string of the molecule is COCCOCCOCCNc1ccc(C)c(Br)c1. The van der Waals surface area contributed by atoms with Gasteiger partial charge in [0.1, 0.15) is 0 Å². The number of nitrogens with one attached hydrogen (secondary N) is 1. The van der Waals surface area contributed by atoms with Gasteiger partial charge in [0.15, 0.2) is 0 Å². The monoisotopic (exact) mass is 331 g/mol. The molecule has 0 aromatic heterocycles. The Bertz CT molecular complexity index is 361. The maximum Gasteiger partial charge on any atom is 0.0701 e. The van der Waals surface area contributed by atoms with E-state index in [0.717, 1.165) is 16.7 Å². The summed E-state index contributed by atoms with van der Waals surface area (Å²) in [6, 6.07) is 6.22. The predicted molar refractivity (Wildman–Crippen MR) is 80.9 cm³/mol. The van der Waals surface area contributed by atoms with E-state index in [1.54, 1.807) is 7.11 Å². The van der Waals surface area contributed by atoms with Crippen LogP contribution in [0.2, 0.25) is 0 Å². The van der Waals surface area contributed by atoms with Gasteiger partial charge in [-0.1, -0.05) is 22.0 Å². The van der Waals surface area contributed by atoms with E-state index in [1.807, 2.05) is 0 Å². The minimum absolute atomic E-state index is 0.611. The third kappa shape index (κ3) is 7.52. The molecule has 0 radical (unpaired) electrons. The number of methoxy groups -OCH3 is 1. The Kier molecular flexibility index (Phi) is 8.82. The van der Waals surface area contributed by atoms with E-state index in [-0.39, 0.29) is 0 Å². The molecular formula is C14H22BrNO3. The standard InChI is InChI=1S/C14H22BrNO3/c1-12-3-4-13(11-14(12)15)16-5-6-18-9-10-19-8-7-17-2/h3-4,11,16H,5-10H2,1-2H3. The first-order valence-electron chi connectivity index (χ1n) is 6.38. The van der Waals surface area contributed by atoms with Crippen LogP contribution in [-0.4, -0.2) is 46.7 Å². The van der Waals surface area contributed by atoms with Gasteiger partial charge in [0.05, 0.1) is 33.0 Å². The molecule has 0 saturated carbocycles. The van der Waals surface area contributed by atoms with Crippen LogP contribution in [0.3, 0.4) is 0 Å². The van der Waals surface area contributed by atoms with Crippen molar-refractivity contribution in [1.29, 1.82) is 0 Å². The number of rotatable bonds is 10. The highest BCUT2D eigenvalue weighted by Crippen LogP contribution is 2.20. The number of hydrogen-bond donors (Lipinski definition) is 1. The summed E-state index contributed by atoms with van der Waals surface area (Å²) in [6.45, 7) is 6.00. The zero-order chi connectivity index (χ0) is 13.9. The van der Waals surface area contributed by atoms with Crippen molar-refractivity contribution in [2.75, 3.05) is 52.0 Å². The van der Waals surface area contributed by atoms with Gasteiger partial charge in [-0.05, 0) is 24.6 Å². The molecule has 0 aliphatic heterocycles. The quantitative estimate of drug-likeness (QED) is 0.669. The van der Waals surface area contributed by atoms with E-state index in [2.05, 4.69) is 46.4 Å². The van der Waals surface area contributed by atoms with Gasteiger partial charge >= 0.3 is 0 Å². The summed E-state index contributed by atoms with van der Waals surface area (Å²) in [5.74, 6) is 0. The molecule has 0 amide bonds. The van der Waals surface area contributed by atoms with Crippen molar-refractivity contribution in [2.24, 2.45) is 0 Å². The number of benzene rings is 1. The largest absolute Gasteiger partial charge is 0.383 e. The molecule has 0 spiro atoms. The summed E-state index contributed by atoms with van der Waals surface area (Å²) < 4.78 is 16.7. The zero-order valence-corrected chi connectivity index (χ0v) is 13.2. The first kappa shape index (κ1) is 16.4. The van der Waals surface area contributed by atoms with Gasteiger partial charge in [0, 0.05) is 23.8 Å². The van der Waals surface area contributed by atoms with Crippen LogP contribution < -0.4 is 5.32 Å². The summed E-state index contributed by atoms with van der Waals surface area (Å²) in [5.41, 5.74) is 2.33. The number of hydrogen-bond acceptors (Lipinski definition) is 4. The minimum Gasteiger partial charge on any atom is -0.383 e. The Morgan fingerprint density at radius 1 is 1.05 bits per heavy atom. The van der Waals surface area contributed by atoms with Crippen LogP contribution in [-0.2, 0) is 14.2 Å². The lowest BCUT2D eigenvalue weighted by Gasteiger charge is -2.09. The van der Waals surface area contributed by atoms with Gasteiger partial charge in [0.25, 0.3) is 0 Å². The lowest BCUT2D eigenvalue weighted by molar-refractivity contribution is 0.0272. The Labute approximate surface area is 123 Å². The normalized spacial score (nSPS) is 10.7. The van der Waals surface area contributed by atoms with Crippen LogP contribution in [0.25, 0.3) is 0 Å². The Morgan fingerprint density at radius 3 is 2.42 bits per heavy atom. The molecule has 1 aromatic rings. The van der Waals surface area contributed by atoms with Crippen molar-refractivity contribution in [3.05, 3.63) is 28.2 Å². The number of anilines is 1. The number of ether oxygens (including phenoxy) is 3. The van der Waals surface area contributed by atoms with E-state index in [0.29, 0.717) is 33.0 Å². The lowest BCUT2D eigenvalue weighted by Crippen LogP contribution is -2.13. The lowest BCUT2D eigenvalue weighted by atomic mass is 10.2. The highest BCUT2D eigenvalue weighted by molar-refractivity contribution is 9.10. The topological polar surface area (TPSA) is 39.7 Å². The molecule has 4 nitrogen and oxygen atoms in total. The maximum absolute atomic E-state index is 5.45. The molecule has 108 valence electrons.